The number of H-pyrrole nitrogens is 1. The van der Waals surface area contributed by atoms with E-state index in [1.54, 1.807) is 31.2 Å². The minimum absolute atomic E-state index is 0.0417. The van der Waals surface area contributed by atoms with Crippen LogP contribution in [0.1, 0.15) is 15.5 Å². The number of hydrogen-bond acceptors (Lipinski definition) is 7. The maximum absolute atomic E-state index is 13.0. The molecule has 164 valence electrons. The summed E-state index contributed by atoms with van der Waals surface area (Å²) in [4.78, 5) is 8.95. The predicted molar refractivity (Wildman–Crippen MR) is 115 cm³/mol. The van der Waals surface area contributed by atoms with E-state index in [0.29, 0.717) is 34.2 Å². The van der Waals surface area contributed by atoms with Gasteiger partial charge in [-0.3, -0.25) is 0 Å². The van der Waals surface area contributed by atoms with E-state index < -0.39 is 17.9 Å². The Hall–Kier alpha value is -3.60. The quantitative estimate of drug-likeness (QED) is 0.274. The second kappa shape index (κ2) is 8.87. The molecule has 0 spiro atoms. The zero-order valence-electron chi connectivity index (χ0n) is 21.3. The SMILES string of the molecule is [2H]N(c1cccc(C(F)(F)F)c1)c1nnc(-c2ccc(Oc3cc(SC([2H])([2H])[2H])nc(C)n3)cc2)n1[2H]. The minimum atomic E-state index is -4.58. The first-order valence-electron chi connectivity index (χ1n) is 11.4. The second-order valence-electron chi connectivity index (χ2n) is 6.42. The third-order valence-electron chi connectivity index (χ3n) is 4.07. The van der Waals surface area contributed by atoms with Crippen molar-refractivity contribution in [3.05, 3.63) is 66.0 Å². The Labute approximate surface area is 192 Å². The Morgan fingerprint density at radius 3 is 2.69 bits per heavy atom. The highest BCUT2D eigenvalue weighted by molar-refractivity contribution is 7.98. The lowest BCUT2D eigenvalue weighted by atomic mass is 10.2. The third-order valence-corrected chi connectivity index (χ3v) is 4.49. The van der Waals surface area contributed by atoms with Crippen LogP contribution in [0.25, 0.3) is 11.4 Å². The van der Waals surface area contributed by atoms with Crippen molar-refractivity contribution < 1.29 is 24.8 Å². The zero-order valence-corrected chi connectivity index (χ0v) is 17.1. The molecule has 4 aromatic rings. The first-order valence-corrected chi connectivity index (χ1v) is 9.86. The van der Waals surface area contributed by atoms with Gasteiger partial charge in [-0.25, -0.2) is 4.98 Å². The molecule has 0 saturated heterocycles. The first-order chi connectivity index (χ1) is 17.3. The minimum Gasteiger partial charge on any atom is -0.439 e. The maximum Gasteiger partial charge on any atom is 0.416 e. The number of thioether (sulfide) groups is 1. The van der Waals surface area contributed by atoms with E-state index in [-0.39, 0.29) is 28.4 Å². The number of anilines is 2. The van der Waals surface area contributed by atoms with Crippen LogP contribution in [0.3, 0.4) is 0 Å². The molecule has 2 aromatic carbocycles. The number of aryl methyl sites for hydroxylation is 1. The van der Waals surface area contributed by atoms with Crippen LogP contribution in [-0.4, -0.2) is 31.3 Å². The largest absolute Gasteiger partial charge is 0.439 e. The fourth-order valence-electron chi connectivity index (χ4n) is 2.68. The second-order valence-corrected chi connectivity index (χ2v) is 7.04. The molecule has 2 heterocycles. The molecule has 4 rings (SSSR count). The van der Waals surface area contributed by atoms with Crippen molar-refractivity contribution in [1.82, 2.24) is 25.1 Å². The molecule has 11 heteroatoms. The number of benzene rings is 2. The lowest BCUT2D eigenvalue weighted by Gasteiger charge is -2.08. The van der Waals surface area contributed by atoms with Crippen molar-refractivity contribution >= 4 is 23.4 Å². The molecule has 0 radical (unpaired) electrons. The number of hydrogen-bond donors (Lipinski definition) is 2. The molecule has 2 N–H and O–H groups in total. The molecular formula is C21H17F3N6OS. The summed E-state index contributed by atoms with van der Waals surface area (Å²) in [6, 6.07) is 11.8. The lowest BCUT2D eigenvalue weighted by Crippen LogP contribution is -2.05. The molecular weight excluding hydrogens is 441 g/mol. The van der Waals surface area contributed by atoms with E-state index in [0.717, 1.165) is 23.2 Å². The van der Waals surface area contributed by atoms with Crippen molar-refractivity contribution in [3.63, 3.8) is 0 Å². The van der Waals surface area contributed by atoms with Crippen LogP contribution in [0, 0.1) is 6.92 Å². The topological polar surface area (TPSA) is 88.6 Å². The van der Waals surface area contributed by atoms with Gasteiger partial charge in [0.05, 0.1) is 5.56 Å². The number of rotatable bonds is 6. The zero-order chi connectivity index (χ0) is 27.0. The Bertz CT molecular complexity index is 1420. The van der Waals surface area contributed by atoms with E-state index in [1.807, 2.05) is 0 Å². The number of nitrogens with zero attached hydrogens (tertiary/aromatic N) is 4. The Balaban J connectivity index is 1.53. The van der Waals surface area contributed by atoms with Gasteiger partial charge in [0.15, 0.2) is 8.65 Å². The van der Waals surface area contributed by atoms with E-state index >= 15 is 0 Å². The smallest absolute Gasteiger partial charge is 0.416 e. The van der Waals surface area contributed by atoms with Gasteiger partial charge in [0.25, 0.3) is 0 Å². The van der Waals surface area contributed by atoms with Crippen LogP contribution in [0.4, 0.5) is 24.8 Å². The number of nitrogens with one attached hydrogen (secondary N) is 2. The highest BCUT2D eigenvalue weighted by atomic mass is 32.2. The number of aromatic amines is 1. The monoisotopic (exact) mass is 463 g/mol. The highest BCUT2D eigenvalue weighted by Gasteiger charge is 2.30. The van der Waals surface area contributed by atoms with Gasteiger partial charge in [0, 0.05) is 21.4 Å². The van der Waals surface area contributed by atoms with E-state index in [4.69, 9.17) is 11.7 Å². The number of alkyl halides is 3. The van der Waals surface area contributed by atoms with Gasteiger partial charge >= 0.3 is 6.18 Å². The molecule has 0 aliphatic carbocycles. The third kappa shape index (κ3) is 5.17. The van der Waals surface area contributed by atoms with Crippen molar-refractivity contribution in [1.29, 1.82) is 0 Å². The molecule has 0 unspecified atom stereocenters. The van der Waals surface area contributed by atoms with Gasteiger partial charge in [0.2, 0.25) is 11.8 Å². The van der Waals surface area contributed by atoms with Gasteiger partial charge < -0.3 is 15.0 Å². The number of ether oxygens (including phenoxy) is 1. The molecule has 0 amide bonds. The molecule has 0 saturated carbocycles. The van der Waals surface area contributed by atoms with Gasteiger partial charge in [-0.05, 0) is 55.6 Å². The summed E-state index contributed by atoms with van der Waals surface area (Å²) < 4.78 is 83.3. The normalized spacial score (nSPS) is 14.1. The van der Waals surface area contributed by atoms with Crippen LogP contribution < -0.4 is 10.0 Å². The molecule has 32 heavy (non-hydrogen) atoms. The van der Waals surface area contributed by atoms with Crippen LogP contribution >= 0.6 is 11.8 Å². The molecule has 0 aliphatic rings. The summed E-state index contributed by atoms with van der Waals surface area (Å²) in [5.74, 6) is 0.555. The summed E-state index contributed by atoms with van der Waals surface area (Å²) in [5.41, 5.74) is -0.643. The molecule has 0 bridgehead atoms. The Kier molecular flexibility index (Phi) is 4.46. The summed E-state index contributed by atoms with van der Waals surface area (Å²) in [5, 5.41) is 8.50. The van der Waals surface area contributed by atoms with Crippen LogP contribution in [-0.2, 0) is 6.18 Å². The summed E-state index contributed by atoms with van der Waals surface area (Å²) >= 11 is 0.601. The van der Waals surface area contributed by atoms with Crippen LogP contribution in [0.5, 0.6) is 11.6 Å². The van der Waals surface area contributed by atoms with Crippen molar-refractivity contribution in [2.45, 2.75) is 18.1 Å². The van der Waals surface area contributed by atoms with Gasteiger partial charge in [-0.1, -0.05) is 6.07 Å². The Morgan fingerprint density at radius 1 is 1.12 bits per heavy atom. The average molecular weight is 463 g/mol. The van der Waals surface area contributed by atoms with E-state index in [9.17, 15) is 13.2 Å². The average Bonchev–Trinajstić information content (AvgIpc) is 3.18. The molecule has 7 nitrogen and oxygen atoms in total. The molecule has 0 fully saturated rings. The fourth-order valence-corrected chi connectivity index (χ4v) is 3.02. The van der Waals surface area contributed by atoms with Crippen LogP contribution in [0.2, 0.25) is 2.82 Å². The van der Waals surface area contributed by atoms with Gasteiger partial charge in [-0.2, -0.15) is 18.2 Å². The van der Waals surface area contributed by atoms with E-state index in [1.165, 1.54) is 12.1 Å². The number of aromatic nitrogens is 5. The molecule has 2 aromatic heterocycles. The fraction of sp³-hybridized carbons (Fsp3) is 0.143. The summed E-state index contributed by atoms with van der Waals surface area (Å²) in [6.45, 7) is 1.60. The first kappa shape index (κ1) is 16.1. The highest BCUT2D eigenvalue weighted by Crippen LogP contribution is 2.31. The predicted octanol–water partition coefficient (Wildman–Crippen LogP) is 5.85. The standard InChI is InChI=1S/C21H17F3N6OS/c1-12-25-17(11-18(26-12)32-2)31-16-8-6-13(7-9-16)19-28-20(30-29-19)27-15-5-3-4-14(10-15)21(22,23)24/h3-11H,1-2H3,(H2,27,28,29,30)/i2D3/hD2. The maximum atomic E-state index is 13.0. The van der Waals surface area contributed by atoms with E-state index in [2.05, 4.69) is 20.2 Å². The molecule has 0 atom stereocenters. The van der Waals surface area contributed by atoms with Crippen molar-refractivity contribution in [3.8, 4) is 23.0 Å². The molecule has 0 aliphatic heterocycles. The van der Waals surface area contributed by atoms with Crippen molar-refractivity contribution in [2.75, 3.05) is 11.5 Å². The van der Waals surface area contributed by atoms with Crippen LogP contribution in [0.15, 0.2) is 59.6 Å². The van der Waals surface area contributed by atoms with Crippen molar-refractivity contribution in [2.24, 2.45) is 0 Å². The lowest BCUT2D eigenvalue weighted by molar-refractivity contribution is -0.137. The number of halogens is 3. The Morgan fingerprint density at radius 2 is 1.94 bits per heavy atom. The summed E-state index contributed by atoms with van der Waals surface area (Å²) in [6.07, 6.45) is -6.86. The van der Waals surface area contributed by atoms with Gasteiger partial charge in [0.1, 0.15) is 16.6 Å². The summed E-state index contributed by atoms with van der Waals surface area (Å²) in [7, 11) is 0. The van der Waals surface area contributed by atoms with Gasteiger partial charge in [-0.15, -0.1) is 22.0 Å².